The molecule has 1 N–H and O–H groups in total. The maximum absolute atomic E-state index is 12.3. The monoisotopic (exact) mass is 295 g/mol. The molecule has 108 valence electrons. The molecule has 5 heteroatoms. The van der Waals surface area contributed by atoms with Crippen molar-refractivity contribution in [3.63, 3.8) is 0 Å². The first-order valence-electron chi connectivity index (χ1n) is 6.74. The standard InChI is InChI=1S/C15H18ClNO3/c1-10-5-6-17(13(7-10)15(19)20)14(18)9-11-3-2-4-12(16)8-11/h2-4,8,10,13H,5-7,9H2,1H3,(H,19,20). The zero-order valence-corrected chi connectivity index (χ0v) is 12.1. The van der Waals surface area contributed by atoms with E-state index in [2.05, 4.69) is 0 Å². The summed E-state index contributed by atoms with van der Waals surface area (Å²) in [6, 6.07) is 6.40. The Bertz CT molecular complexity index is 518. The van der Waals surface area contributed by atoms with Crippen molar-refractivity contribution >= 4 is 23.5 Å². The molecule has 0 saturated carbocycles. The highest BCUT2D eigenvalue weighted by atomic mass is 35.5. The van der Waals surface area contributed by atoms with Crippen molar-refractivity contribution in [3.8, 4) is 0 Å². The summed E-state index contributed by atoms with van der Waals surface area (Å²) in [4.78, 5) is 25.1. The number of carboxylic acids is 1. The van der Waals surface area contributed by atoms with Crippen LogP contribution in [0.25, 0.3) is 0 Å². The van der Waals surface area contributed by atoms with Gasteiger partial charge in [-0.05, 0) is 36.5 Å². The Morgan fingerprint density at radius 1 is 1.45 bits per heavy atom. The molecule has 1 aliphatic rings. The SMILES string of the molecule is CC1CCN(C(=O)Cc2cccc(Cl)c2)C(C(=O)O)C1. The van der Waals surface area contributed by atoms with Gasteiger partial charge < -0.3 is 10.0 Å². The summed E-state index contributed by atoms with van der Waals surface area (Å²) < 4.78 is 0. The van der Waals surface area contributed by atoms with Crippen LogP contribution in [0.2, 0.25) is 5.02 Å². The minimum Gasteiger partial charge on any atom is -0.480 e. The van der Waals surface area contributed by atoms with E-state index < -0.39 is 12.0 Å². The van der Waals surface area contributed by atoms with Crippen LogP contribution in [0.1, 0.15) is 25.3 Å². The average Bonchev–Trinajstić information content (AvgIpc) is 2.38. The van der Waals surface area contributed by atoms with Gasteiger partial charge in [0, 0.05) is 11.6 Å². The number of carboxylic acid groups (broad SMARTS) is 1. The summed E-state index contributed by atoms with van der Waals surface area (Å²) in [6.07, 6.45) is 1.57. The van der Waals surface area contributed by atoms with Crippen LogP contribution in [-0.4, -0.2) is 34.5 Å². The fourth-order valence-electron chi connectivity index (χ4n) is 2.60. The minimum atomic E-state index is -0.920. The Kier molecular flexibility index (Phi) is 4.65. The number of amides is 1. The summed E-state index contributed by atoms with van der Waals surface area (Å²) in [5.74, 6) is -0.728. The molecular weight excluding hydrogens is 278 g/mol. The van der Waals surface area contributed by atoms with Gasteiger partial charge >= 0.3 is 5.97 Å². The highest BCUT2D eigenvalue weighted by Crippen LogP contribution is 2.23. The molecule has 0 spiro atoms. The zero-order chi connectivity index (χ0) is 14.7. The van der Waals surface area contributed by atoms with Crippen molar-refractivity contribution < 1.29 is 14.7 Å². The molecule has 1 saturated heterocycles. The number of carbonyl (C=O) groups excluding carboxylic acids is 1. The third-order valence-electron chi connectivity index (χ3n) is 3.71. The number of benzene rings is 1. The number of hydrogen-bond acceptors (Lipinski definition) is 2. The predicted octanol–water partition coefficient (Wildman–Crippen LogP) is 2.59. The van der Waals surface area contributed by atoms with Gasteiger partial charge in [0.1, 0.15) is 6.04 Å². The first-order valence-corrected chi connectivity index (χ1v) is 7.12. The zero-order valence-electron chi connectivity index (χ0n) is 11.4. The maximum atomic E-state index is 12.3. The van der Waals surface area contributed by atoms with E-state index in [1.54, 1.807) is 18.2 Å². The topological polar surface area (TPSA) is 57.6 Å². The van der Waals surface area contributed by atoms with Gasteiger partial charge in [-0.3, -0.25) is 4.79 Å². The van der Waals surface area contributed by atoms with E-state index in [0.717, 1.165) is 12.0 Å². The molecule has 4 nitrogen and oxygen atoms in total. The Hall–Kier alpha value is -1.55. The van der Waals surface area contributed by atoms with Crippen LogP contribution in [0.4, 0.5) is 0 Å². The maximum Gasteiger partial charge on any atom is 0.326 e. The number of aliphatic carboxylic acids is 1. The molecule has 0 aromatic heterocycles. The Labute approximate surface area is 123 Å². The lowest BCUT2D eigenvalue weighted by atomic mass is 9.92. The van der Waals surface area contributed by atoms with Crippen molar-refractivity contribution in [2.75, 3.05) is 6.54 Å². The lowest BCUT2D eigenvalue weighted by Crippen LogP contribution is -2.50. The molecule has 1 aromatic carbocycles. The predicted molar refractivity (Wildman–Crippen MR) is 76.7 cm³/mol. The van der Waals surface area contributed by atoms with Crippen LogP contribution in [0.3, 0.4) is 0 Å². The van der Waals surface area contributed by atoms with Gasteiger partial charge in [0.25, 0.3) is 0 Å². The summed E-state index contributed by atoms with van der Waals surface area (Å²) in [6.45, 7) is 2.53. The van der Waals surface area contributed by atoms with Crippen molar-refractivity contribution in [2.24, 2.45) is 5.92 Å². The molecule has 1 aliphatic heterocycles. The van der Waals surface area contributed by atoms with Crippen molar-refractivity contribution in [3.05, 3.63) is 34.9 Å². The molecule has 0 bridgehead atoms. The summed E-state index contributed by atoms with van der Waals surface area (Å²) in [5, 5.41) is 9.85. The van der Waals surface area contributed by atoms with Gasteiger partial charge in [-0.15, -0.1) is 0 Å². The van der Waals surface area contributed by atoms with E-state index in [0.29, 0.717) is 23.9 Å². The molecule has 1 aromatic rings. The van der Waals surface area contributed by atoms with Gasteiger partial charge in [-0.2, -0.15) is 0 Å². The number of nitrogens with zero attached hydrogens (tertiary/aromatic N) is 1. The first-order chi connectivity index (χ1) is 9.47. The molecule has 1 amide bonds. The highest BCUT2D eigenvalue weighted by Gasteiger charge is 2.34. The van der Waals surface area contributed by atoms with E-state index in [4.69, 9.17) is 11.6 Å². The number of piperidine rings is 1. The highest BCUT2D eigenvalue weighted by molar-refractivity contribution is 6.30. The number of halogens is 1. The first kappa shape index (κ1) is 14.9. The van der Waals surface area contributed by atoms with Crippen molar-refractivity contribution in [2.45, 2.75) is 32.2 Å². The van der Waals surface area contributed by atoms with Gasteiger partial charge in [0.15, 0.2) is 0 Å². The molecule has 1 fully saturated rings. The third kappa shape index (κ3) is 3.51. The lowest BCUT2D eigenvalue weighted by molar-refractivity contribution is -0.152. The normalized spacial score (nSPS) is 22.6. The lowest BCUT2D eigenvalue weighted by Gasteiger charge is -2.36. The minimum absolute atomic E-state index is 0.147. The van der Waals surface area contributed by atoms with Crippen LogP contribution in [0, 0.1) is 5.92 Å². The van der Waals surface area contributed by atoms with Crippen molar-refractivity contribution in [1.29, 1.82) is 0 Å². The largest absolute Gasteiger partial charge is 0.480 e. The molecule has 0 aliphatic carbocycles. The van der Waals surface area contributed by atoms with Gasteiger partial charge in [-0.25, -0.2) is 4.79 Å². The smallest absolute Gasteiger partial charge is 0.326 e. The van der Waals surface area contributed by atoms with E-state index in [1.807, 2.05) is 13.0 Å². The van der Waals surface area contributed by atoms with Crippen LogP contribution in [0.5, 0.6) is 0 Å². The quantitative estimate of drug-likeness (QED) is 0.932. The second-order valence-corrected chi connectivity index (χ2v) is 5.81. The number of carbonyl (C=O) groups is 2. The molecular formula is C15H18ClNO3. The van der Waals surface area contributed by atoms with Crippen LogP contribution in [0.15, 0.2) is 24.3 Å². The van der Waals surface area contributed by atoms with E-state index in [9.17, 15) is 14.7 Å². The average molecular weight is 296 g/mol. The summed E-state index contributed by atoms with van der Waals surface area (Å²) >= 11 is 5.89. The fourth-order valence-corrected chi connectivity index (χ4v) is 2.81. The summed E-state index contributed by atoms with van der Waals surface area (Å²) in [5.41, 5.74) is 0.810. The van der Waals surface area contributed by atoms with Crippen LogP contribution in [-0.2, 0) is 16.0 Å². The second kappa shape index (κ2) is 6.27. The van der Waals surface area contributed by atoms with E-state index >= 15 is 0 Å². The fraction of sp³-hybridized carbons (Fsp3) is 0.467. The molecule has 2 atom stereocenters. The van der Waals surface area contributed by atoms with Crippen molar-refractivity contribution in [1.82, 2.24) is 4.90 Å². The Morgan fingerprint density at radius 3 is 2.85 bits per heavy atom. The summed E-state index contributed by atoms with van der Waals surface area (Å²) in [7, 11) is 0. The molecule has 1 heterocycles. The van der Waals surface area contributed by atoms with Gasteiger partial charge in [0.2, 0.25) is 5.91 Å². The molecule has 2 rings (SSSR count). The molecule has 20 heavy (non-hydrogen) atoms. The van der Waals surface area contributed by atoms with E-state index in [1.165, 1.54) is 4.90 Å². The Morgan fingerprint density at radius 2 is 2.20 bits per heavy atom. The number of hydrogen-bond donors (Lipinski definition) is 1. The molecule has 2 unspecified atom stereocenters. The second-order valence-electron chi connectivity index (χ2n) is 5.38. The molecule has 0 radical (unpaired) electrons. The number of rotatable bonds is 3. The van der Waals surface area contributed by atoms with Crippen LogP contribution >= 0.6 is 11.6 Å². The van der Waals surface area contributed by atoms with Crippen LogP contribution < -0.4 is 0 Å². The van der Waals surface area contributed by atoms with Gasteiger partial charge in [-0.1, -0.05) is 30.7 Å². The third-order valence-corrected chi connectivity index (χ3v) is 3.95. The van der Waals surface area contributed by atoms with E-state index in [-0.39, 0.29) is 12.3 Å². The Balaban J connectivity index is 2.09. The van der Waals surface area contributed by atoms with Gasteiger partial charge in [0.05, 0.1) is 6.42 Å². The number of likely N-dealkylation sites (tertiary alicyclic amines) is 1.